The van der Waals surface area contributed by atoms with Crippen molar-refractivity contribution < 1.29 is 38.9 Å². The van der Waals surface area contributed by atoms with Crippen LogP contribution in [-0.4, -0.2) is 80.4 Å². The highest BCUT2D eigenvalue weighted by atomic mass is 16.8. The van der Waals surface area contributed by atoms with E-state index in [2.05, 4.69) is 0 Å². The number of ether oxygens (including phenoxy) is 2. The Morgan fingerprint density at radius 2 is 1.64 bits per heavy atom. The predicted octanol–water partition coefficient (Wildman–Crippen LogP) is 0.549. The summed E-state index contributed by atoms with van der Waals surface area (Å²) in [5.74, 6) is -1.09. The summed E-state index contributed by atoms with van der Waals surface area (Å²) in [7, 11) is 0. The minimum absolute atomic E-state index is 0.0546. The van der Waals surface area contributed by atoms with E-state index in [4.69, 9.17) is 14.3 Å². The van der Waals surface area contributed by atoms with E-state index < -0.39 is 53.6 Å². The molecule has 2 aliphatic heterocycles. The summed E-state index contributed by atoms with van der Waals surface area (Å²) in [6, 6.07) is -0.989. The fraction of sp³-hybridized carbons (Fsp3) is 0.833. The lowest BCUT2D eigenvalue weighted by Crippen LogP contribution is -2.63. The predicted molar refractivity (Wildman–Crippen MR) is 95.5 cm³/mol. The maximum Gasteiger partial charge on any atom is 0.434 e. The largest absolute Gasteiger partial charge is 0.458 e. The first-order valence-corrected chi connectivity index (χ1v) is 9.27. The first-order valence-electron chi connectivity index (χ1n) is 9.27. The molecule has 0 aromatic heterocycles. The van der Waals surface area contributed by atoms with Gasteiger partial charge in [-0.3, -0.25) is 9.69 Å². The van der Waals surface area contributed by atoms with Crippen LogP contribution in [0.15, 0.2) is 0 Å². The quantitative estimate of drug-likeness (QED) is 0.642. The molecule has 0 bridgehead atoms. The minimum atomic E-state index is -1.51. The molecule has 10 nitrogen and oxygen atoms in total. The van der Waals surface area contributed by atoms with E-state index in [1.807, 2.05) is 0 Å². The van der Waals surface area contributed by atoms with Crippen LogP contribution in [0.4, 0.5) is 4.79 Å². The molecule has 2 fully saturated rings. The molecule has 2 rings (SSSR count). The van der Waals surface area contributed by atoms with Crippen LogP contribution in [0, 0.1) is 0 Å². The fourth-order valence-corrected chi connectivity index (χ4v) is 2.97. The number of amides is 2. The summed E-state index contributed by atoms with van der Waals surface area (Å²) in [4.78, 5) is 43.8. The van der Waals surface area contributed by atoms with Crippen molar-refractivity contribution in [2.24, 2.45) is 0 Å². The van der Waals surface area contributed by atoms with Crippen molar-refractivity contribution in [3.05, 3.63) is 0 Å². The zero-order valence-electron chi connectivity index (χ0n) is 17.2. The van der Waals surface area contributed by atoms with E-state index >= 15 is 0 Å². The van der Waals surface area contributed by atoms with Gasteiger partial charge in [0.05, 0.1) is 6.54 Å². The van der Waals surface area contributed by atoms with E-state index in [9.17, 15) is 24.6 Å². The standard InChI is InChI=1S/C18H30N2O8/c1-17(2,3)26-15(24)10-7-8-12(22)20(10)14-13(23)11(21)9-19(28-14)16(25)27-18(4,5)6/h10-11,13-14,21,23H,7-9H2,1-6H3/t10-,11-,13-,14-/m0/s1. The number of hydrogen-bond acceptors (Lipinski definition) is 8. The van der Waals surface area contributed by atoms with E-state index in [1.54, 1.807) is 41.5 Å². The van der Waals surface area contributed by atoms with Crippen LogP contribution in [0.1, 0.15) is 54.4 Å². The Morgan fingerprint density at radius 3 is 2.18 bits per heavy atom. The SMILES string of the molecule is CC(C)(C)OC(=O)[C@@H]1CCC(=O)N1[C@H]1ON(C(=O)OC(C)(C)C)C[C@H](O)[C@@H]1O. The third-order valence-corrected chi connectivity index (χ3v) is 4.08. The molecule has 0 spiro atoms. The summed E-state index contributed by atoms with van der Waals surface area (Å²) in [5.41, 5.74) is -1.57. The van der Waals surface area contributed by atoms with Gasteiger partial charge in [-0.1, -0.05) is 0 Å². The van der Waals surface area contributed by atoms with Gasteiger partial charge in [0, 0.05) is 6.42 Å². The lowest BCUT2D eigenvalue weighted by atomic mass is 10.1. The van der Waals surface area contributed by atoms with Crippen LogP contribution in [0.5, 0.6) is 0 Å². The molecular formula is C18H30N2O8. The van der Waals surface area contributed by atoms with Gasteiger partial charge in [0.15, 0.2) is 6.23 Å². The Labute approximate surface area is 164 Å². The molecule has 0 aromatic carbocycles. The van der Waals surface area contributed by atoms with Crippen molar-refractivity contribution >= 4 is 18.0 Å². The number of nitrogens with zero attached hydrogens (tertiary/aromatic N) is 2. The monoisotopic (exact) mass is 402 g/mol. The zero-order chi connectivity index (χ0) is 21.4. The lowest BCUT2D eigenvalue weighted by Gasteiger charge is -2.43. The van der Waals surface area contributed by atoms with E-state index in [0.717, 1.165) is 9.96 Å². The molecule has 0 aliphatic carbocycles. The number of aliphatic hydroxyl groups excluding tert-OH is 2. The zero-order valence-corrected chi connectivity index (χ0v) is 17.2. The topological polar surface area (TPSA) is 126 Å². The molecular weight excluding hydrogens is 372 g/mol. The molecule has 0 saturated carbocycles. The van der Waals surface area contributed by atoms with Crippen molar-refractivity contribution in [2.45, 2.75) is 90.1 Å². The molecule has 160 valence electrons. The molecule has 2 amide bonds. The van der Waals surface area contributed by atoms with Crippen LogP contribution in [-0.2, 0) is 23.9 Å². The van der Waals surface area contributed by atoms with Crippen LogP contribution in [0.3, 0.4) is 0 Å². The van der Waals surface area contributed by atoms with Gasteiger partial charge in [-0.25, -0.2) is 14.4 Å². The molecule has 0 radical (unpaired) electrons. The second-order valence-electron chi connectivity index (χ2n) is 8.98. The number of carbonyl (C=O) groups is 3. The molecule has 2 N–H and O–H groups in total. The van der Waals surface area contributed by atoms with E-state index in [0.29, 0.717) is 0 Å². The molecule has 0 unspecified atom stereocenters. The number of aliphatic hydroxyl groups is 2. The number of hydroxylamine groups is 2. The van der Waals surface area contributed by atoms with Crippen molar-refractivity contribution in [3.63, 3.8) is 0 Å². The van der Waals surface area contributed by atoms with Crippen LogP contribution in [0.2, 0.25) is 0 Å². The lowest BCUT2D eigenvalue weighted by molar-refractivity contribution is -0.299. The summed E-state index contributed by atoms with van der Waals surface area (Å²) < 4.78 is 10.6. The number of β-amino-alcohol motifs (C(OH)–C–C–N with tert-alkyl or cyclic N) is 1. The Morgan fingerprint density at radius 1 is 1.07 bits per heavy atom. The van der Waals surface area contributed by atoms with Gasteiger partial charge in [0.1, 0.15) is 29.5 Å². The van der Waals surface area contributed by atoms with E-state index in [-0.39, 0.29) is 19.4 Å². The summed E-state index contributed by atoms with van der Waals surface area (Å²) in [5, 5.41) is 21.3. The van der Waals surface area contributed by atoms with Crippen LogP contribution >= 0.6 is 0 Å². The second kappa shape index (κ2) is 7.84. The Balaban J connectivity index is 2.22. The average Bonchev–Trinajstić information content (AvgIpc) is 2.88. The fourth-order valence-electron chi connectivity index (χ4n) is 2.97. The Kier molecular flexibility index (Phi) is 6.27. The van der Waals surface area contributed by atoms with Crippen molar-refractivity contribution in [1.29, 1.82) is 0 Å². The van der Waals surface area contributed by atoms with Gasteiger partial charge in [-0.15, -0.1) is 0 Å². The summed E-state index contributed by atoms with van der Waals surface area (Å²) in [6.07, 6.45) is -4.96. The average molecular weight is 402 g/mol. The highest BCUT2D eigenvalue weighted by Gasteiger charge is 2.50. The normalized spacial score (nSPS) is 29.1. The number of hydrogen-bond donors (Lipinski definition) is 2. The van der Waals surface area contributed by atoms with Crippen LogP contribution in [0.25, 0.3) is 0 Å². The van der Waals surface area contributed by atoms with Gasteiger partial charge in [-0.2, -0.15) is 5.06 Å². The molecule has 4 atom stereocenters. The van der Waals surface area contributed by atoms with Crippen molar-refractivity contribution in [2.75, 3.05) is 6.54 Å². The van der Waals surface area contributed by atoms with Crippen molar-refractivity contribution in [3.8, 4) is 0 Å². The second-order valence-corrected chi connectivity index (χ2v) is 8.98. The van der Waals surface area contributed by atoms with Gasteiger partial charge in [0.25, 0.3) is 0 Å². The first kappa shape index (κ1) is 22.4. The molecule has 2 saturated heterocycles. The first-order chi connectivity index (χ1) is 12.7. The van der Waals surface area contributed by atoms with Gasteiger partial charge in [0.2, 0.25) is 5.91 Å². The van der Waals surface area contributed by atoms with Crippen molar-refractivity contribution in [1.82, 2.24) is 9.96 Å². The molecule has 10 heteroatoms. The van der Waals surface area contributed by atoms with Crippen LogP contribution < -0.4 is 0 Å². The number of esters is 1. The third kappa shape index (κ3) is 5.33. The maximum atomic E-state index is 12.5. The number of rotatable bonds is 2. The van der Waals surface area contributed by atoms with Gasteiger partial charge >= 0.3 is 12.1 Å². The molecule has 28 heavy (non-hydrogen) atoms. The molecule has 2 aliphatic rings. The highest BCUT2D eigenvalue weighted by Crippen LogP contribution is 2.30. The third-order valence-electron chi connectivity index (χ3n) is 4.08. The van der Waals surface area contributed by atoms with E-state index in [1.165, 1.54) is 0 Å². The minimum Gasteiger partial charge on any atom is -0.458 e. The van der Waals surface area contributed by atoms with Gasteiger partial charge < -0.3 is 19.7 Å². The number of likely N-dealkylation sites (tertiary alicyclic amines) is 1. The number of carbonyl (C=O) groups excluding carboxylic acids is 3. The summed E-state index contributed by atoms with van der Waals surface area (Å²) >= 11 is 0. The Hall–Kier alpha value is -1.91. The van der Waals surface area contributed by atoms with Gasteiger partial charge in [-0.05, 0) is 48.0 Å². The maximum absolute atomic E-state index is 12.5. The summed E-state index contributed by atoms with van der Waals surface area (Å²) in [6.45, 7) is 9.76. The Bertz CT molecular complexity index is 624. The molecule has 2 heterocycles. The molecule has 0 aromatic rings. The highest BCUT2D eigenvalue weighted by molar-refractivity contribution is 5.88. The smallest absolute Gasteiger partial charge is 0.434 e.